The Morgan fingerprint density at radius 1 is 1.25 bits per heavy atom. The van der Waals surface area contributed by atoms with E-state index in [1.807, 2.05) is 0 Å². The summed E-state index contributed by atoms with van der Waals surface area (Å²) in [5.41, 5.74) is -1.15. The predicted octanol–water partition coefficient (Wildman–Crippen LogP) is 1.20. The third kappa shape index (κ3) is 2.74. The first kappa shape index (κ1) is 14.3. The van der Waals surface area contributed by atoms with E-state index in [1.165, 1.54) is 6.07 Å². The number of amides is 1. The molecule has 1 aromatic rings. The molecule has 0 spiro atoms. The molecule has 1 aliphatic rings. The van der Waals surface area contributed by atoms with Gasteiger partial charge in [-0.05, 0) is 31.9 Å². The number of aromatic amines is 1. The number of H-pyrrole nitrogens is 1. The minimum absolute atomic E-state index is 0.0539. The Bertz CT molecular complexity index is 585. The molecule has 3 N–H and O–H groups in total. The third-order valence-electron chi connectivity index (χ3n) is 3.77. The number of aliphatic carboxylic acids is 1. The van der Waals surface area contributed by atoms with Gasteiger partial charge in [-0.15, -0.1) is 0 Å². The summed E-state index contributed by atoms with van der Waals surface area (Å²) in [6.07, 6.45) is 3.29. The normalized spacial score (nSPS) is 17.4. The van der Waals surface area contributed by atoms with E-state index in [9.17, 15) is 19.5 Å². The van der Waals surface area contributed by atoms with E-state index in [2.05, 4.69) is 10.3 Å². The molecule has 1 fully saturated rings. The van der Waals surface area contributed by atoms with Crippen LogP contribution in [0.5, 0.6) is 0 Å². The molecule has 0 radical (unpaired) electrons. The summed E-state index contributed by atoms with van der Waals surface area (Å²) >= 11 is 0. The number of hydrogen-bond donors (Lipinski definition) is 3. The largest absolute Gasteiger partial charge is 0.480 e. The number of pyridine rings is 1. The average Bonchev–Trinajstić information content (AvgIpc) is 2.39. The van der Waals surface area contributed by atoms with E-state index in [1.54, 1.807) is 13.0 Å². The zero-order chi connectivity index (χ0) is 14.8. The van der Waals surface area contributed by atoms with Gasteiger partial charge >= 0.3 is 5.97 Å². The van der Waals surface area contributed by atoms with Gasteiger partial charge in [0.25, 0.3) is 11.5 Å². The van der Waals surface area contributed by atoms with Crippen LogP contribution in [0.1, 0.15) is 48.2 Å². The Kier molecular flexibility index (Phi) is 3.92. The average molecular weight is 278 g/mol. The van der Waals surface area contributed by atoms with Gasteiger partial charge in [0.2, 0.25) is 0 Å². The van der Waals surface area contributed by atoms with Crippen LogP contribution < -0.4 is 10.9 Å². The van der Waals surface area contributed by atoms with Crippen LogP contribution in [0.4, 0.5) is 0 Å². The summed E-state index contributed by atoms with van der Waals surface area (Å²) in [6, 6.07) is 3.03. The van der Waals surface area contributed by atoms with Gasteiger partial charge < -0.3 is 15.4 Å². The molecule has 20 heavy (non-hydrogen) atoms. The fourth-order valence-electron chi connectivity index (χ4n) is 2.58. The molecule has 0 atom stereocenters. The Morgan fingerprint density at radius 2 is 1.90 bits per heavy atom. The van der Waals surface area contributed by atoms with Gasteiger partial charge in [-0.3, -0.25) is 9.59 Å². The van der Waals surface area contributed by atoms with Crippen LogP contribution in [0, 0.1) is 6.92 Å². The number of carbonyl (C=O) groups excluding carboxylic acids is 1. The third-order valence-corrected chi connectivity index (χ3v) is 3.77. The molecule has 0 bridgehead atoms. The summed E-state index contributed by atoms with van der Waals surface area (Å²) in [4.78, 5) is 37.9. The summed E-state index contributed by atoms with van der Waals surface area (Å²) in [5.74, 6) is -1.66. The molecule has 1 heterocycles. The molecule has 0 aliphatic heterocycles. The van der Waals surface area contributed by atoms with Crippen LogP contribution in [0.3, 0.4) is 0 Å². The van der Waals surface area contributed by atoms with Crippen LogP contribution in [0.2, 0.25) is 0 Å². The Balaban J connectivity index is 2.24. The van der Waals surface area contributed by atoms with E-state index in [-0.39, 0.29) is 5.56 Å². The molecule has 2 rings (SSSR count). The molecule has 1 aliphatic carbocycles. The maximum atomic E-state index is 12.2. The number of carboxylic acids is 1. The first-order chi connectivity index (χ1) is 9.44. The SMILES string of the molecule is Cc1ccc(C(=O)NC2(C(=O)O)CCCCC2)c(=O)[nH]1. The van der Waals surface area contributed by atoms with Crippen molar-refractivity contribution >= 4 is 11.9 Å². The van der Waals surface area contributed by atoms with E-state index in [0.717, 1.165) is 19.3 Å². The maximum Gasteiger partial charge on any atom is 0.329 e. The van der Waals surface area contributed by atoms with Crippen molar-refractivity contribution in [3.63, 3.8) is 0 Å². The molecule has 6 nitrogen and oxygen atoms in total. The number of hydrogen-bond acceptors (Lipinski definition) is 3. The minimum atomic E-state index is -1.24. The molecule has 6 heteroatoms. The lowest BCUT2D eigenvalue weighted by atomic mass is 9.81. The van der Waals surface area contributed by atoms with Gasteiger partial charge in [-0.1, -0.05) is 19.3 Å². The number of aromatic nitrogens is 1. The first-order valence-electron chi connectivity index (χ1n) is 6.70. The van der Waals surface area contributed by atoms with Gasteiger partial charge in [-0.25, -0.2) is 4.79 Å². The topological polar surface area (TPSA) is 99.3 Å². The van der Waals surface area contributed by atoms with E-state index < -0.39 is 23.0 Å². The highest BCUT2D eigenvalue weighted by molar-refractivity contribution is 5.97. The van der Waals surface area contributed by atoms with Crippen molar-refractivity contribution < 1.29 is 14.7 Å². The minimum Gasteiger partial charge on any atom is -0.480 e. The van der Waals surface area contributed by atoms with Crippen molar-refractivity contribution in [1.29, 1.82) is 0 Å². The molecule has 1 amide bonds. The quantitative estimate of drug-likeness (QED) is 0.773. The lowest BCUT2D eigenvalue weighted by Crippen LogP contribution is -2.56. The molecule has 1 aromatic heterocycles. The number of nitrogens with one attached hydrogen (secondary N) is 2. The molecule has 0 unspecified atom stereocenters. The summed E-state index contributed by atoms with van der Waals surface area (Å²) in [7, 11) is 0. The summed E-state index contributed by atoms with van der Waals surface area (Å²) in [5, 5.41) is 11.9. The smallest absolute Gasteiger partial charge is 0.329 e. The monoisotopic (exact) mass is 278 g/mol. The Labute approximate surface area is 116 Å². The van der Waals surface area contributed by atoms with E-state index in [4.69, 9.17) is 0 Å². The van der Waals surface area contributed by atoms with Gasteiger partial charge in [0, 0.05) is 5.69 Å². The lowest BCUT2D eigenvalue weighted by molar-refractivity contribution is -0.145. The predicted molar refractivity (Wildman–Crippen MR) is 72.7 cm³/mol. The molecule has 1 saturated carbocycles. The lowest BCUT2D eigenvalue weighted by Gasteiger charge is -2.33. The van der Waals surface area contributed by atoms with Crippen molar-refractivity contribution in [3.05, 3.63) is 33.7 Å². The first-order valence-corrected chi connectivity index (χ1v) is 6.70. The zero-order valence-electron chi connectivity index (χ0n) is 11.4. The second-order valence-electron chi connectivity index (χ2n) is 5.29. The van der Waals surface area contributed by atoms with Crippen LogP contribution >= 0.6 is 0 Å². The Hall–Kier alpha value is -2.11. The van der Waals surface area contributed by atoms with Gasteiger partial charge in [-0.2, -0.15) is 0 Å². The van der Waals surface area contributed by atoms with Crippen molar-refractivity contribution in [2.75, 3.05) is 0 Å². The van der Waals surface area contributed by atoms with E-state index >= 15 is 0 Å². The second kappa shape index (κ2) is 5.48. The summed E-state index contributed by atoms with van der Waals surface area (Å²) in [6.45, 7) is 1.71. The fourth-order valence-corrected chi connectivity index (χ4v) is 2.58. The van der Waals surface area contributed by atoms with Gasteiger partial charge in [0.15, 0.2) is 0 Å². The number of aryl methyl sites for hydroxylation is 1. The standard InChI is InChI=1S/C14H18N2O4/c1-9-5-6-10(11(17)15-9)12(18)16-14(13(19)20)7-3-2-4-8-14/h5-6H,2-4,7-8H2,1H3,(H,15,17)(H,16,18)(H,19,20). The molecular formula is C14H18N2O4. The van der Waals surface area contributed by atoms with Crippen LogP contribution in [0.25, 0.3) is 0 Å². The van der Waals surface area contributed by atoms with E-state index in [0.29, 0.717) is 18.5 Å². The number of carbonyl (C=O) groups is 2. The van der Waals surface area contributed by atoms with Crippen molar-refractivity contribution in [2.45, 2.75) is 44.6 Å². The zero-order valence-corrected chi connectivity index (χ0v) is 11.4. The summed E-state index contributed by atoms with van der Waals surface area (Å²) < 4.78 is 0. The highest BCUT2D eigenvalue weighted by Gasteiger charge is 2.41. The second-order valence-corrected chi connectivity index (χ2v) is 5.29. The highest BCUT2D eigenvalue weighted by atomic mass is 16.4. The van der Waals surface area contributed by atoms with Gasteiger partial charge in [0.1, 0.15) is 11.1 Å². The molecular weight excluding hydrogens is 260 g/mol. The number of rotatable bonds is 3. The van der Waals surface area contributed by atoms with Crippen LogP contribution in [0.15, 0.2) is 16.9 Å². The van der Waals surface area contributed by atoms with Crippen molar-refractivity contribution in [3.8, 4) is 0 Å². The fraction of sp³-hybridized carbons (Fsp3) is 0.500. The molecule has 0 saturated heterocycles. The molecule has 108 valence electrons. The van der Waals surface area contributed by atoms with Crippen molar-refractivity contribution in [1.82, 2.24) is 10.3 Å². The number of carboxylic acid groups (broad SMARTS) is 1. The van der Waals surface area contributed by atoms with Crippen LogP contribution in [-0.4, -0.2) is 27.5 Å². The van der Waals surface area contributed by atoms with Gasteiger partial charge in [0.05, 0.1) is 0 Å². The highest BCUT2D eigenvalue weighted by Crippen LogP contribution is 2.28. The van der Waals surface area contributed by atoms with Crippen molar-refractivity contribution in [2.24, 2.45) is 0 Å². The Morgan fingerprint density at radius 3 is 2.45 bits per heavy atom. The maximum absolute atomic E-state index is 12.2. The van der Waals surface area contributed by atoms with Crippen LogP contribution in [-0.2, 0) is 4.79 Å². The molecule has 0 aromatic carbocycles.